The first-order chi connectivity index (χ1) is 8.00. The summed E-state index contributed by atoms with van der Waals surface area (Å²) in [5.74, 6) is -0.217. The summed E-state index contributed by atoms with van der Waals surface area (Å²) in [6.45, 7) is 4.25. The van der Waals surface area contributed by atoms with E-state index in [0.717, 1.165) is 10.2 Å². The molecule has 1 unspecified atom stereocenters. The molecule has 0 aromatic heterocycles. The van der Waals surface area contributed by atoms with E-state index in [9.17, 15) is 4.79 Å². The Morgan fingerprint density at radius 3 is 2.71 bits per heavy atom. The van der Waals surface area contributed by atoms with Crippen LogP contribution in [0.2, 0.25) is 0 Å². The Morgan fingerprint density at radius 2 is 2.18 bits per heavy atom. The topological polar surface area (TPSA) is 46.5 Å². The third-order valence-electron chi connectivity index (χ3n) is 2.62. The molecule has 0 aliphatic rings. The van der Waals surface area contributed by atoms with Gasteiger partial charge < -0.3 is 9.84 Å². The molecule has 0 aliphatic carbocycles. The monoisotopic (exact) mass is 300 g/mol. The highest BCUT2D eigenvalue weighted by molar-refractivity contribution is 9.10. The molecule has 1 atom stereocenters. The molecule has 0 aliphatic heterocycles. The lowest BCUT2D eigenvalue weighted by Crippen LogP contribution is -2.22. The van der Waals surface area contributed by atoms with Crippen molar-refractivity contribution >= 4 is 21.9 Å². The zero-order chi connectivity index (χ0) is 12.8. The zero-order valence-electron chi connectivity index (χ0n) is 10.0. The third kappa shape index (κ3) is 4.77. The molecular weight excluding hydrogens is 284 g/mol. The highest BCUT2D eigenvalue weighted by Gasteiger charge is 2.21. The molecule has 0 amide bonds. The molecular formula is C13H17BrO3. The number of hydrogen-bond acceptors (Lipinski definition) is 2. The van der Waals surface area contributed by atoms with E-state index in [1.165, 1.54) is 0 Å². The van der Waals surface area contributed by atoms with E-state index in [4.69, 9.17) is 9.84 Å². The van der Waals surface area contributed by atoms with Crippen LogP contribution in [0.5, 0.6) is 5.75 Å². The van der Waals surface area contributed by atoms with Gasteiger partial charge in [-0.15, -0.1) is 0 Å². The molecule has 94 valence electrons. The molecule has 4 heteroatoms. The van der Waals surface area contributed by atoms with Gasteiger partial charge in [0.25, 0.3) is 0 Å². The Balaban J connectivity index is 2.44. The van der Waals surface area contributed by atoms with Crippen LogP contribution in [0.3, 0.4) is 0 Å². The van der Waals surface area contributed by atoms with E-state index < -0.39 is 5.97 Å². The highest BCUT2D eigenvalue weighted by atomic mass is 79.9. The molecule has 0 saturated carbocycles. The van der Waals surface area contributed by atoms with Crippen LogP contribution in [-0.2, 0) is 4.79 Å². The van der Waals surface area contributed by atoms with Gasteiger partial charge in [0, 0.05) is 4.47 Å². The van der Waals surface area contributed by atoms with Gasteiger partial charge in [0.1, 0.15) is 5.75 Å². The van der Waals surface area contributed by atoms with E-state index in [2.05, 4.69) is 15.9 Å². The smallest absolute Gasteiger partial charge is 0.306 e. The molecule has 0 spiro atoms. The van der Waals surface area contributed by atoms with E-state index in [1.54, 1.807) is 0 Å². The van der Waals surface area contributed by atoms with Crippen LogP contribution in [0.25, 0.3) is 0 Å². The maximum absolute atomic E-state index is 11.0. The molecule has 1 N–H and O–H groups in total. The number of carboxylic acid groups (broad SMARTS) is 1. The number of ether oxygens (including phenoxy) is 1. The standard InChI is InChI=1S/C13H17BrO3/c1-9(2)12(13(15)16)6-7-17-11-5-3-4-10(14)8-11/h3-5,8-9,12H,6-7H2,1-2H3,(H,15,16). The van der Waals surface area contributed by atoms with Crippen molar-refractivity contribution in [1.82, 2.24) is 0 Å². The molecule has 1 aromatic rings. The van der Waals surface area contributed by atoms with Crippen molar-refractivity contribution in [3.05, 3.63) is 28.7 Å². The average molecular weight is 301 g/mol. The summed E-state index contributed by atoms with van der Waals surface area (Å²) in [7, 11) is 0. The van der Waals surface area contributed by atoms with E-state index in [0.29, 0.717) is 13.0 Å². The molecule has 0 saturated heterocycles. The maximum Gasteiger partial charge on any atom is 0.306 e. The van der Waals surface area contributed by atoms with Gasteiger partial charge in [0.15, 0.2) is 0 Å². The van der Waals surface area contributed by atoms with E-state index in [-0.39, 0.29) is 11.8 Å². The number of benzene rings is 1. The molecule has 1 rings (SSSR count). The first kappa shape index (κ1) is 14.0. The molecule has 17 heavy (non-hydrogen) atoms. The second kappa shape index (κ2) is 6.64. The van der Waals surface area contributed by atoms with Gasteiger partial charge in [0.05, 0.1) is 12.5 Å². The van der Waals surface area contributed by atoms with Crippen molar-refractivity contribution < 1.29 is 14.6 Å². The number of carbonyl (C=O) groups is 1. The maximum atomic E-state index is 11.0. The van der Waals surface area contributed by atoms with Gasteiger partial charge in [-0.05, 0) is 30.5 Å². The summed E-state index contributed by atoms with van der Waals surface area (Å²) in [5, 5.41) is 9.02. The quantitative estimate of drug-likeness (QED) is 0.873. The number of halogens is 1. The van der Waals surface area contributed by atoms with Gasteiger partial charge in [0.2, 0.25) is 0 Å². The molecule has 0 fully saturated rings. The van der Waals surface area contributed by atoms with Gasteiger partial charge in [-0.2, -0.15) is 0 Å². The van der Waals surface area contributed by atoms with Gasteiger partial charge in [-0.1, -0.05) is 35.8 Å². The van der Waals surface area contributed by atoms with Crippen LogP contribution < -0.4 is 4.74 Å². The molecule has 3 nitrogen and oxygen atoms in total. The lowest BCUT2D eigenvalue weighted by molar-refractivity contribution is -0.143. The normalized spacial score (nSPS) is 12.5. The fourth-order valence-corrected chi connectivity index (χ4v) is 1.98. The van der Waals surface area contributed by atoms with Crippen molar-refractivity contribution in [3.63, 3.8) is 0 Å². The zero-order valence-corrected chi connectivity index (χ0v) is 11.6. The lowest BCUT2D eigenvalue weighted by atomic mass is 9.93. The second-order valence-electron chi connectivity index (χ2n) is 4.28. The van der Waals surface area contributed by atoms with Crippen molar-refractivity contribution in [3.8, 4) is 5.75 Å². The van der Waals surface area contributed by atoms with Crippen molar-refractivity contribution in [2.75, 3.05) is 6.61 Å². The summed E-state index contributed by atoms with van der Waals surface area (Å²) >= 11 is 3.36. The predicted molar refractivity (Wildman–Crippen MR) is 70.2 cm³/mol. The molecule has 0 radical (unpaired) electrons. The largest absolute Gasteiger partial charge is 0.494 e. The fourth-order valence-electron chi connectivity index (χ4n) is 1.60. The Morgan fingerprint density at radius 1 is 1.47 bits per heavy atom. The minimum Gasteiger partial charge on any atom is -0.494 e. The molecule has 0 heterocycles. The summed E-state index contributed by atoms with van der Waals surface area (Å²) in [6, 6.07) is 7.53. The van der Waals surface area contributed by atoms with Crippen LogP contribution in [0.4, 0.5) is 0 Å². The summed E-state index contributed by atoms with van der Waals surface area (Å²) < 4.78 is 6.48. The minimum absolute atomic E-state index is 0.124. The van der Waals surface area contributed by atoms with E-state index in [1.807, 2.05) is 38.1 Å². The Hall–Kier alpha value is -1.03. The first-order valence-electron chi connectivity index (χ1n) is 5.62. The third-order valence-corrected chi connectivity index (χ3v) is 3.11. The first-order valence-corrected chi connectivity index (χ1v) is 6.41. The number of carboxylic acids is 1. The van der Waals surface area contributed by atoms with Crippen LogP contribution in [0.1, 0.15) is 20.3 Å². The SMILES string of the molecule is CC(C)C(CCOc1cccc(Br)c1)C(=O)O. The van der Waals surface area contributed by atoms with Gasteiger partial charge in [-0.3, -0.25) is 4.79 Å². The minimum atomic E-state index is -0.752. The van der Waals surface area contributed by atoms with Gasteiger partial charge in [-0.25, -0.2) is 0 Å². The summed E-state index contributed by atoms with van der Waals surface area (Å²) in [6.07, 6.45) is 0.527. The second-order valence-corrected chi connectivity index (χ2v) is 5.20. The van der Waals surface area contributed by atoms with Crippen molar-refractivity contribution in [2.24, 2.45) is 11.8 Å². The summed E-state index contributed by atoms with van der Waals surface area (Å²) in [4.78, 5) is 11.0. The Labute approximate surface area is 110 Å². The Bertz CT molecular complexity index is 377. The molecule has 0 bridgehead atoms. The lowest BCUT2D eigenvalue weighted by Gasteiger charge is -2.16. The van der Waals surface area contributed by atoms with Crippen LogP contribution in [-0.4, -0.2) is 17.7 Å². The predicted octanol–water partition coefficient (Wildman–Crippen LogP) is 3.57. The van der Waals surface area contributed by atoms with Gasteiger partial charge >= 0.3 is 5.97 Å². The van der Waals surface area contributed by atoms with E-state index >= 15 is 0 Å². The summed E-state index contributed by atoms with van der Waals surface area (Å²) in [5.41, 5.74) is 0. The average Bonchev–Trinajstić information content (AvgIpc) is 2.23. The van der Waals surface area contributed by atoms with Crippen molar-refractivity contribution in [2.45, 2.75) is 20.3 Å². The fraction of sp³-hybridized carbons (Fsp3) is 0.462. The number of rotatable bonds is 6. The van der Waals surface area contributed by atoms with Crippen LogP contribution in [0, 0.1) is 11.8 Å². The highest BCUT2D eigenvalue weighted by Crippen LogP contribution is 2.20. The van der Waals surface area contributed by atoms with Crippen LogP contribution in [0.15, 0.2) is 28.7 Å². The Kier molecular flexibility index (Phi) is 5.48. The number of hydrogen-bond donors (Lipinski definition) is 1. The number of aliphatic carboxylic acids is 1. The van der Waals surface area contributed by atoms with Crippen molar-refractivity contribution in [1.29, 1.82) is 0 Å². The van der Waals surface area contributed by atoms with Crippen LogP contribution >= 0.6 is 15.9 Å². The molecule has 1 aromatic carbocycles.